The van der Waals surface area contributed by atoms with Crippen LogP contribution in [-0.2, 0) is 11.2 Å². The van der Waals surface area contributed by atoms with Crippen LogP contribution in [0.2, 0.25) is 0 Å². The number of fused-ring (bicyclic) bond motifs is 5. The summed E-state index contributed by atoms with van der Waals surface area (Å²) in [5.41, 5.74) is 4.43. The molecule has 3 atom stereocenters. The van der Waals surface area contributed by atoms with Gasteiger partial charge in [0.05, 0.1) is 6.04 Å². The molecule has 0 spiro atoms. The number of carbonyl (C=O) groups is 1. The second-order valence-corrected chi connectivity index (χ2v) is 7.34. The maximum absolute atomic E-state index is 12.1. The van der Waals surface area contributed by atoms with Crippen molar-refractivity contribution in [1.82, 2.24) is 9.47 Å². The van der Waals surface area contributed by atoms with Crippen LogP contribution >= 0.6 is 0 Å². The van der Waals surface area contributed by atoms with Crippen LogP contribution in [0.4, 0.5) is 0 Å². The summed E-state index contributed by atoms with van der Waals surface area (Å²) in [5.74, 6) is 1.12. The second-order valence-electron chi connectivity index (χ2n) is 7.34. The Labute approximate surface area is 130 Å². The Hall–Kier alpha value is -1.61. The number of hydrogen-bond acceptors (Lipinski definition) is 2. The number of ketones is 1. The average Bonchev–Trinajstić information content (AvgIpc) is 2.87. The number of nitrogens with zero attached hydrogens (tertiary/aromatic N) is 2. The number of rotatable bonds is 0. The Bertz CT molecular complexity index is 775. The van der Waals surface area contributed by atoms with E-state index in [9.17, 15) is 4.79 Å². The van der Waals surface area contributed by atoms with Crippen molar-refractivity contribution in [2.45, 2.75) is 44.2 Å². The fourth-order valence-corrected chi connectivity index (χ4v) is 5.18. The normalized spacial score (nSPS) is 31.1. The molecule has 1 fully saturated rings. The van der Waals surface area contributed by atoms with Gasteiger partial charge >= 0.3 is 0 Å². The lowest BCUT2D eigenvalue weighted by Crippen LogP contribution is -2.42. The summed E-state index contributed by atoms with van der Waals surface area (Å²) in [6.07, 6.45) is 4.99. The molecular weight excluding hydrogens is 272 g/mol. The van der Waals surface area contributed by atoms with E-state index in [-0.39, 0.29) is 0 Å². The van der Waals surface area contributed by atoms with Gasteiger partial charge in [-0.2, -0.15) is 0 Å². The maximum atomic E-state index is 12.1. The molecule has 114 valence electrons. The molecule has 1 aromatic heterocycles. The summed E-state index contributed by atoms with van der Waals surface area (Å²) in [7, 11) is 2.27. The lowest BCUT2D eigenvalue weighted by Gasteiger charge is -2.46. The highest BCUT2D eigenvalue weighted by molar-refractivity contribution is 5.87. The van der Waals surface area contributed by atoms with E-state index in [1.165, 1.54) is 23.0 Å². The van der Waals surface area contributed by atoms with Crippen LogP contribution in [-0.4, -0.2) is 28.8 Å². The van der Waals surface area contributed by atoms with E-state index < -0.39 is 0 Å². The molecule has 2 aliphatic heterocycles. The molecule has 3 aliphatic rings. The SMILES string of the molecule is CN1CCc2c3n(c4ccccc24)C2CC(=O)CCC2CC31. The monoisotopic (exact) mass is 294 g/mol. The van der Waals surface area contributed by atoms with Crippen molar-refractivity contribution in [3.8, 4) is 0 Å². The third-order valence-corrected chi connectivity index (χ3v) is 6.25. The second kappa shape index (κ2) is 4.45. The predicted molar refractivity (Wildman–Crippen MR) is 87.0 cm³/mol. The molecule has 0 radical (unpaired) electrons. The van der Waals surface area contributed by atoms with Gasteiger partial charge in [0.1, 0.15) is 5.78 Å². The lowest BCUT2D eigenvalue weighted by molar-refractivity contribution is -0.123. The Kier molecular flexibility index (Phi) is 2.61. The lowest BCUT2D eigenvalue weighted by atomic mass is 9.75. The summed E-state index contributed by atoms with van der Waals surface area (Å²) in [6.45, 7) is 1.15. The number of carbonyl (C=O) groups excluding carboxylic acids is 1. The van der Waals surface area contributed by atoms with Crippen LogP contribution in [0.5, 0.6) is 0 Å². The molecule has 0 N–H and O–H groups in total. The van der Waals surface area contributed by atoms with Crippen LogP contribution in [0.15, 0.2) is 24.3 Å². The van der Waals surface area contributed by atoms with Gasteiger partial charge in [-0.25, -0.2) is 0 Å². The first-order chi connectivity index (χ1) is 10.7. The van der Waals surface area contributed by atoms with Gasteiger partial charge in [-0.1, -0.05) is 18.2 Å². The molecule has 1 saturated carbocycles. The van der Waals surface area contributed by atoms with E-state index in [0.29, 0.717) is 23.8 Å². The molecular formula is C19H22N2O. The Morgan fingerprint density at radius 3 is 2.95 bits per heavy atom. The van der Waals surface area contributed by atoms with E-state index >= 15 is 0 Å². The maximum Gasteiger partial charge on any atom is 0.134 e. The molecule has 22 heavy (non-hydrogen) atoms. The minimum Gasteiger partial charge on any atom is -0.339 e. The van der Waals surface area contributed by atoms with E-state index in [0.717, 1.165) is 32.2 Å². The van der Waals surface area contributed by atoms with Gasteiger partial charge in [0.15, 0.2) is 0 Å². The van der Waals surface area contributed by atoms with Crippen LogP contribution in [0.3, 0.4) is 0 Å². The quantitative estimate of drug-likeness (QED) is 0.743. The molecule has 0 saturated heterocycles. The number of hydrogen-bond donors (Lipinski definition) is 0. The number of benzene rings is 1. The standard InChI is InChI=1S/C19H22N2O/c1-20-9-8-15-14-4-2-3-5-16(14)21-17-11-13(22)7-6-12(17)10-18(20)19(15)21/h2-5,12,17-18H,6-11H2,1H3. The van der Waals surface area contributed by atoms with Gasteiger partial charge < -0.3 is 4.57 Å². The molecule has 3 unspecified atom stereocenters. The van der Waals surface area contributed by atoms with Gasteiger partial charge in [0.2, 0.25) is 0 Å². The topological polar surface area (TPSA) is 25.2 Å². The summed E-state index contributed by atoms with van der Waals surface area (Å²) in [4.78, 5) is 14.6. The van der Waals surface area contributed by atoms with Gasteiger partial charge in [-0.3, -0.25) is 9.69 Å². The number of aromatic nitrogens is 1. The van der Waals surface area contributed by atoms with Crippen molar-refractivity contribution in [3.05, 3.63) is 35.5 Å². The first-order valence-electron chi connectivity index (χ1n) is 8.57. The van der Waals surface area contributed by atoms with E-state index in [4.69, 9.17) is 0 Å². The third-order valence-electron chi connectivity index (χ3n) is 6.25. The molecule has 1 aliphatic carbocycles. The first kappa shape index (κ1) is 12.9. The van der Waals surface area contributed by atoms with Gasteiger partial charge in [-0.15, -0.1) is 0 Å². The minimum absolute atomic E-state index is 0.401. The predicted octanol–water partition coefficient (Wildman–Crippen LogP) is 3.48. The Morgan fingerprint density at radius 1 is 1.18 bits per heavy atom. The van der Waals surface area contributed by atoms with Gasteiger partial charge in [0.25, 0.3) is 0 Å². The fourth-order valence-electron chi connectivity index (χ4n) is 5.18. The third kappa shape index (κ3) is 1.58. The molecule has 1 aromatic carbocycles. The zero-order valence-corrected chi connectivity index (χ0v) is 13.1. The summed E-state index contributed by atoms with van der Waals surface area (Å²) in [6, 6.07) is 9.78. The average molecular weight is 294 g/mol. The van der Waals surface area contributed by atoms with Crippen LogP contribution in [0.25, 0.3) is 10.9 Å². The fraction of sp³-hybridized carbons (Fsp3) is 0.526. The molecule has 0 bridgehead atoms. The number of Topliss-reactive ketones (excluding diaryl/α,β-unsaturated/α-hetero) is 1. The first-order valence-corrected chi connectivity index (χ1v) is 8.57. The Morgan fingerprint density at radius 2 is 2.05 bits per heavy atom. The largest absolute Gasteiger partial charge is 0.339 e. The highest BCUT2D eigenvalue weighted by atomic mass is 16.1. The summed E-state index contributed by atoms with van der Waals surface area (Å²) >= 11 is 0. The molecule has 5 rings (SSSR count). The van der Waals surface area contributed by atoms with E-state index in [1.54, 1.807) is 5.56 Å². The molecule has 2 aromatic rings. The zero-order chi connectivity index (χ0) is 14.8. The van der Waals surface area contributed by atoms with E-state index in [1.807, 2.05) is 0 Å². The van der Waals surface area contributed by atoms with Crippen molar-refractivity contribution < 1.29 is 4.79 Å². The highest BCUT2D eigenvalue weighted by Gasteiger charge is 2.43. The van der Waals surface area contributed by atoms with Crippen LogP contribution in [0, 0.1) is 5.92 Å². The minimum atomic E-state index is 0.401. The Balaban J connectivity index is 1.81. The smallest absolute Gasteiger partial charge is 0.134 e. The zero-order valence-electron chi connectivity index (χ0n) is 13.1. The van der Waals surface area contributed by atoms with Gasteiger partial charge in [0, 0.05) is 42.0 Å². The van der Waals surface area contributed by atoms with Crippen LogP contribution < -0.4 is 0 Å². The van der Waals surface area contributed by atoms with Crippen LogP contribution in [0.1, 0.15) is 49.0 Å². The van der Waals surface area contributed by atoms with Crippen molar-refractivity contribution in [1.29, 1.82) is 0 Å². The van der Waals surface area contributed by atoms with Crippen molar-refractivity contribution in [3.63, 3.8) is 0 Å². The molecule has 3 heteroatoms. The van der Waals surface area contributed by atoms with Crippen molar-refractivity contribution in [2.75, 3.05) is 13.6 Å². The van der Waals surface area contributed by atoms with E-state index in [2.05, 4.69) is 40.8 Å². The molecule has 3 nitrogen and oxygen atoms in total. The summed E-state index contributed by atoms with van der Waals surface area (Å²) in [5, 5.41) is 1.43. The highest BCUT2D eigenvalue weighted by Crippen LogP contribution is 2.51. The molecule has 0 amide bonds. The number of para-hydroxylation sites is 1. The van der Waals surface area contributed by atoms with Crippen molar-refractivity contribution in [2.24, 2.45) is 5.92 Å². The summed E-state index contributed by atoms with van der Waals surface area (Å²) < 4.78 is 2.57. The molecule has 3 heterocycles. The number of likely N-dealkylation sites (N-methyl/N-ethyl adjacent to an activating group) is 1. The van der Waals surface area contributed by atoms with Gasteiger partial charge in [-0.05, 0) is 43.9 Å². The van der Waals surface area contributed by atoms with Crippen molar-refractivity contribution >= 4 is 16.7 Å².